The Morgan fingerprint density at radius 3 is 2.57 bits per heavy atom. The van der Waals surface area contributed by atoms with Crippen LogP contribution in [0.2, 0.25) is 10.0 Å². The molecular weight excluding hydrogens is 311 g/mol. The van der Waals surface area contributed by atoms with E-state index in [1.54, 1.807) is 13.1 Å². The summed E-state index contributed by atoms with van der Waals surface area (Å²) < 4.78 is 11.3. The fourth-order valence-electron chi connectivity index (χ4n) is 2.15. The lowest BCUT2D eigenvalue weighted by atomic mass is 10.1. The van der Waals surface area contributed by atoms with Gasteiger partial charge in [0.15, 0.2) is 11.5 Å². The van der Waals surface area contributed by atoms with Crippen molar-refractivity contribution in [3.63, 3.8) is 0 Å². The van der Waals surface area contributed by atoms with Crippen molar-refractivity contribution in [3.05, 3.63) is 34.3 Å². The average molecular weight is 325 g/mol. The van der Waals surface area contributed by atoms with Gasteiger partial charge in [0.1, 0.15) is 5.82 Å². The number of hydrogen-bond donors (Lipinski definition) is 1. The number of fused-ring (bicyclic) bond motifs is 1. The van der Waals surface area contributed by atoms with Crippen molar-refractivity contribution in [2.45, 2.75) is 6.42 Å². The number of aromatic nitrogens is 1. The van der Waals surface area contributed by atoms with Crippen molar-refractivity contribution in [2.24, 2.45) is 0 Å². The van der Waals surface area contributed by atoms with E-state index in [9.17, 15) is 0 Å². The van der Waals surface area contributed by atoms with Crippen LogP contribution in [0.4, 0.5) is 5.82 Å². The lowest BCUT2D eigenvalue weighted by Crippen LogP contribution is -1.97. The second kappa shape index (κ2) is 6.00. The van der Waals surface area contributed by atoms with Crippen molar-refractivity contribution in [3.8, 4) is 22.8 Å². The van der Waals surface area contributed by atoms with Gasteiger partial charge in [-0.2, -0.15) is 0 Å². The Hall–Kier alpha value is -1.65. The third-order valence-electron chi connectivity index (χ3n) is 3.19. The predicted molar refractivity (Wildman–Crippen MR) is 84.8 cm³/mol. The number of rotatable bonds is 2. The van der Waals surface area contributed by atoms with E-state index in [0.717, 1.165) is 17.7 Å². The van der Waals surface area contributed by atoms with Crippen molar-refractivity contribution >= 4 is 29.0 Å². The number of halogens is 2. The molecule has 0 aliphatic carbocycles. The van der Waals surface area contributed by atoms with E-state index in [-0.39, 0.29) is 0 Å². The van der Waals surface area contributed by atoms with E-state index in [1.807, 2.05) is 18.2 Å². The van der Waals surface area contributed by atoms with Crippen molar-refractivity contribution < 1.29 is 9.47 Å². The van der Waals surface area contributed by atoms with Gasteiger partial charge in [-0.15, -0.1) is 0 Å². The molecule has 0 radical (unpaired) electrons. The van der Waals surface area contributed by atoms with Crippen LogP contribution in [0.1, 0.15) is 6.42 Å². The van der Waals surface area contributed by atoms with Crippen LogP contribution in [-0.4, -0.2) is 25.2 Å². The Morgan fingerprint density at radius 2 is 1.81 bits per heavy atom. The first-order chi connectivity index (χ1) is 10.2. The first-order valence-electron chi connectivity index (χ1n) is 6.63. The maximum Gasteiger partial charge on any atom is 0.161 e. The smallest absolute Gasteiger partial charge is 0.161 e. The second-order valence-electron chi connectivity index (χ2n) is 4.61. The highest BCUT2D eigenvalue weighted by atomic mass is 35.5. The van der Waals surface area contributed by atoms with E-state index >= 15 is 0 Å². The molecule has 0 bridgehead atoms. The van der Waals surface area contributed by atoms with Gasteiger partial charge in [0.25, 0.3) is 0 Å². The standard InChI is InChI=1S/C15H14Cl2N2O2/c1-18-15-11(17)8-10(16)14(19-15)9-3-4-12-13(7-9)21-6-2-5-20-12/h3-4,7-8H,2,5-6H2,1H3,(H,18,19). The largest absolute Gasteiger partial charge is 0.490 e. The van der Waals surface area contributed by atoms with Gasteiger partial charge in [-0.25, -0.2) is 4.98 Å². The van der Waals surface area contributed by atoms with Crippen LogP contribution in [0, 0.1) is 0 Å². The van der Waals surface area contributed by atoms with Crippen LogP contribution < -0.4 is 14.8 Å². The van der Waals surface area contributed by atoms with E-state index in [2.05, 4.69) is 10.3 Å². The van der Waals surface area contributed by atoms with Crippen LogP contribution in [0.15, 0.2) is 24.3 Å². The molecule has 0 saturated heterocycles. The predicted octanol–water partition coefficient (Wildman–Crippen LogP) is 4.26. The molecule has 0 amide bonds. The summed E-state index contributed by atoms with van der Waals surface area (Å²) in [4.78, 5) is 4.46. The Balaban J connectivity index is 2.06. The molecule has 0 spiro atoms. The maximum atomic E-state index is 6.26. The molecule has 1 N–H and O–H groups in total. The first-order valence-corrected chi connectivity index (χ1v) is 7.38. The molecule has 1 aliphatic heterocycles. The van der Waals surface area contributed by atoms with Gasteiger partial charge < -0.3 is 14.8 Å². The van der Waals surface area contributed by atoms with Crippen molar-refractivity contribution in [2.75, 3.05) is 25.6 Å². The van der Waals surface area contributed by atoms with Gasteiger partial charge in [-0.1, -0.05) is 23.2 Å². The summed E-state index contributed by atoms with van der Waals surface area (Å²) in [5.74, 6) is 2.04. The summed E-state index contributed by atoms with van der Waals surface area (Å²) in [7, 11) is 1.76. The molecule has 1 aromatic heterocycles. The molecule has 2 heterocycles. The van der Waals surface area contributed by atoms with Crippen LogP contribution in [0.25, 0.3) is 11.3 Å². The van der Waals surface area contributed by atoms with E-state index in [4.69, 9.17) is 32.7 Å². The van der Waals surface area contributed by atoms with Crippen LogP contribution >= 0.6 is 23.2 Å². The highest BCUT2D eigenvalue weighted by Crippen LogP contribution is 2.37. The Morgan fingerprint density at radius 1 is 1.05 bits per heavy atom. The van der Waals surface area contributed by atoms with Crippen LogP contribution in [0.5, 0.6) is 11.5 Å². The first kappa shape index (κ1) is 14.3. The zero-order valence-electron chi connectivity index (χ0n) is 11.5. The summed E-state index contributed by atoms with van der Waals surface area (Å²) in [6, 6.07) is 7.36. The SMILES string of the molecule is CNc1nc(-c2ccc3c(c2)OCCCO3)c(Cl)cc1Cl. The minimum atomic E-state index is 0.487. The van der Waals surface area contributed by atoms with Gasteiger partial charge in [0, 0.05) is 19.0 Å². The number of hydrogen-bond acceptors (Lipinski definition) is 4. The third-order valence-corrected chi connectivity index (χ3v) is 3.76. The summed E-state index contributed by atoms with van der Waals surface area (Å²) in [6.07, 6.45) is 0.869. The van der Waals surface area contributed by atoms with Gasteiger partial charge in [0.05, 0.1) is 29.0 Å². The topological polar surface area (TPSA) is 43.4 Å². The molecule has 6 heteroatoms. The molecule has 21 heavy (non-hydrogen) atoms. The lowest BCUT2D eigenvalue weighted by Gasteiger charge is -2.12. The maximum absolute atomic E-state index is 6.26. The molecule has 2 aromatic rings. The fourth-order valence-corrected chi connectivity index (χ4v) is 2.72. The molecule has 4 nitrogen and oxygen atoms in total. The second-order valence-corrected chi connectivity index (χ2v) is 5.43. The third kappa shape index (κ3) is 2.87. The highest BCUT2D eigenvalue weighted by Gasteiger charge is 2.15. The molecule has 3 rings (SSSR count). The Bertz CT molecular complexity index is 677. The number of anilines is 1. The van der Waals surface area contributed by atoms with Crippen LogP contribution in [-0.2, 0) is 0 Å². The van der Waals surface area contributed by atoms with E-state index in [1.165, 1.54) is 0 Å². The number of benzene rings is 1. The lowest BCUT2D eigenvalue weighted by molar-refractivity contribution is 0.297. The quantitative estimate of drug-likeness (QED) is 0.896. The van der Waals surface area contributed by atoms with E-state index in [0.29, 0.717) is 40.5 Å². The van der Waals surface area contributed by atoms with Gasteiger partial charge in [-0.3, -0.25) is 0 Å². The van der Waals surface area contributed by atoms with Gasteiger partial charge >= 0.3 is 0 Å². The summed E-state index contributed by atoms with van der Waals surface area (Å²) in [5.41, 5.74) is 1.51. The van der Waals surface area contributed by atoms with Gasteiger partial charge in [-0.05, 0) is 24.3 Å². The summed E-state index contributed by atoms with van der Waals surface area (Å²) in [5, 5.41) is 3.93. The summed E-state index contributed by atoms with van der Waals surface area (Å²) >= 11 is 12.3. The Labute approximate surface area is 133 Å². The van der Waals surface area contributed by atoms with E-state index < -0.39 is 0 Å². The minimum absolute atomic E-state index is 0.487. The normalized spacial score (nSPS) is 13.7. The molecular formula is C15H14Cl2N2O2. The zero-order valence-corrected chi connectivity index (χ0v) is 13.0. The molecule has 0 unspecified atom stereocenters. The number of pyridine rings is 1. The molecule has 0 fully saturated rings. The van der Waals surface area contributed by atoms with Crippen LogP contribution in [0.3, 0.4) is 0 Å². The number of ether oxygens (including phenoxy) is 2. The van der Waals surface area contributed by atoms with Crippen molar-refractivity contribution in [1.29, 1.82) is 0 Å². The minimum Gasteiger partial charge on any atom is -0.490 e. The average Bonchev–Trinajstić information content (AvgIpc) is 2.72. The Kier molecular flexibility index (Phi) is 4.08. The molecule has 1 aliphatic rings. The molecule has 0 atom stereocenters. The molecule has 0 saturated carbocycles. The fraction of sp³-hybridized carbons (Fsp3) is 0.267. The highest BCUT2D eigenvalue weighted by molar-refractivity contribution is 6.37. The monoisotopic (exact) mass is 324 g/mol. The summed E-state index contributed by atoms with van der Waals surface area (Å²) in [6.45, 7) is 1.30. The number of nitrogens with one attached hydrogen (secondary N) is 1. The zero-order chi connectivity index (χ0) is 14.8. The molecule has 1 aromatic carbocycles. The molecule has 110 valence electrons. The van der Waals surface area contributed by atoms with Gasteiger partial charge in [0.2, 0.25) is 0 Å². The number of nitrogens with zero attached hydrogens (tertiary/aromatic N) is 1. The van der Waals surface area contributed by atoms with Crippen molar-refractivity contribution in [1.82, 2.24) is 4.98 Å².